The fourth-order valence-corrected chi connectivity index (χ4v) is 3.18. The predicted octanol–water partition coefficient (Wildman–Crippen LogP) is 3.47. The number of oxime groups is 1. The van der Waals surface area contributed by atoms with E-state index in [4.69, 9.17) is 19.0 Å². The topological polar surface area (TPSA) is 81.6 Å². The molecule has 8 heteroatoms. The van der Waals surface area contributed by atoms with Crippen LogP contribution < -0.4 is 19.5 Å². The number of rotatable bonds is 6. The van der Waals surface area contributed by atoms with Crippen molar-refractivity contribution in [2.75, 3.05) is 32.3 Å². The maximum absolute atomic E-state index is 12.5. The van der Waals surface area contributed by atoms with Gasteiger partial charge < -0.3 is 29.3 Å². The van der Waals surface area contributed by atoms with Crippen LogP contribution in [0.5, 0.6) is 17.2 Å². The van der Waals surface area contributed by atoms with Crippen molar-refractivity contribution in [1.82, 2.24) is 4.90 Å². The van der Waals surface area contributed by atoms with E-state index in [0.29, 0.717) is 31.0 Å². The van der Waals surface area contributed by atoms with Crippen molar-refractivity contribution in [1.29, 1.82) is 0 Å². The standard InChI is InChI=1S/C21H23N3O5/c1-3-26-16-7-5-15(6-8-16)22-21(25)24(2)12-17-11-18(23-29-17)14-4-9-19-20(10-14)28-13-27-19/h4-10,17H,3,11-13H2,1-2H3,(H,22,25). The average Bonchev–Trinajstić information content (AvgIpc) is 3.38. The van der Waals surface area contributed by atoms with Crippen LogP contribution in [0.4, 0.5) is 10.5 Å². The van der Waals surface area contributed by atoms with Gasteiger partial charge in [-0.25, -0.2) is 4.79 Å². The number of hydrogen-bond donors (Lipinski definition) is 1. The lowest BCUT2D eigenvalue weighted by Gasteiger charge is -2.20. The van der Waals surface area contributed by atoms with E-state index in [0.717, 1.165) is 22.8 Å². The Hall–Kier alpha value is -3.42. The van der Waals surface area contributed by atoms with Gasteiger partial charge in [0, 0.05) is 24.7 Å². The Bertz CT molecular complexity index is 913. The monoisotopic (exact) mass is 397 g/mol. The summed E-state index contributed by atoms with van der Waals surface area (Å²) < 4.78 is 16.1. The summed E-state index contributed by atoms with van der Waals surface area (Å²) in [5, 5.41) is 7.05. The van der Waals surface area contributed by atoms with Gasteiger partial charge in [-0.2, -0.15) is 0 Å². The Morgan fingerprint density at radius 1 is 1.21 bits per heavy atom. The molecule has 8 nitrogen and oxygen atoms in total. The zero-order valence-electron chi connectivity index (χ0n) is 16.4. The summed E-state index contributed by atoms with van der Waals surface area (Å²) in [5.74, 6) is 2.21. The van der Waals surface area contributed by atoms with Crippen molar-refractivity contribution in [3.63, 3.8) is 0 Å². The van der Waals surface area contributed by atoms with E-state index in [9.17, 15) is 4.79 Å². The average molecular weight is 397 g/mol. The molecule has 0 spiro atoms. The van der Waals surface area contributed by atoms with Gasteiger partial charge in [0.1, 0.15) is 5.75 Å². The number of hydrogen-bond acceptors (Lipinski definition) is 6. The molecule has 0 radical (unpaired) electrons. The van der Waals surface area contributed by atoms with Crippen molar-refractivity contribution in [2.24, 2.45) is 5.16 Å². The van der Waals surface area contributed by atoms with E-state index < -0.39 is 0 Å². The Morgan fingerprint density at radius 3 is 2.79 bits per heavy atom. The first-order valence-electron chi connectivity index (χ1n) is 9.50. The van der Waals surface area contributed by atoms with Gasteiger partial charge in [0.2, 0.25) is 6.79 Å². The third kappa shape index (κ3) is 4.37. The highest BCUT2D eigenvalue weighted by Crippen LogP contribution is 2.33. The van der Waals surface area contributed by atoms with Crippen molar-refractivity contribution in [3.05, 3.63) is 48.0 Å². The summed E-state index contributed by atoms with van der Waals surface area (Å²) in [7, 11) is 1.73. The van der Waals surface area contributed by atoms with E-state index >= 15 is 0 Å². The molecule has 2 heterocycles. The van der Waals surface area contributed by atoms with E-state index in [-0.39, 0.29) is 18.9 Å². The molecule has 0 fully saturated rings. The minimum Gasteiger partial charge on any atom is -0.494 e. The van der Waals surface area contributed by atoms with E-state index in [1.54, 1.807) is 11.9 Å². The molecular weight excluding hydrogens is 374 g/mol. The number of carbonyl (C=O) groups excluding carboxylic acids is 1. The predicted molar refractivity (Wildman–Crippen MR) is 108 cm³/mol. The summed E-state index contributed by atoms with van der Waals surface area (Å²) in [4.78, 5) is 19.6. The minimum atomic E-state index is -0.214. The van der Waals surface area contributed by atoms with Crippen LogP contribution in [0.15, 0.2) is 47.6 Å². The number of fused-ring (bicyclic) bond motifs is 1. The summed E-state index contributed by atoms with van der Waals surface area (Å²) in [5.41, 5.74) is 2.46. The van der Waals surface area contributed by atoms with E-state index in [2.05, 4.69) is 10.5 Å². The van der Waals surface area contributed by atoms with Crippen molar-refractivity contribution >= 4 is 17.4 Å². The molecule has 0 aromatic heterocycles. The van der Waals surface area contributed by atoms with Gasteiger partial charge in [-0.3, -0.25) is 0 Å². The number of carbonyl (C=O) groups is 1. The van der Waals surface area contributed by atoms with Crippen molar-refractivity contribution < 1.29 is 23.8 Å². The second-order valence-corrected chi connectivity index (χ2v) is 6.81. The molecule has 2 aromatic carbocycles. The van der Waals surface area contributed by atoms with Gasteiger partial charge in [0.15, 0.2) is 17.6 Å². The smallest absolute Gasteiger partial charge is 0.321 e. The summed E-state index contributed by atoms with van der Waals surface area (Å²) in [6, 6.07) is 12.7. The quantitative estimate of drug-likeness (QED) is 0.807. The fourth-order valence-electron chi connectivity index (χ4n) is 3.18. The number of nitrogens with one attached hydrogen (secondary N) is 1. The molecule has 2 aliphatic rings. The Balaban J connectivity index is 1.29. The van der Waals surface area contributed by atoms with Crippen molar-refractivity contribution in [2.45, 2.75) is 19.4 Å². The summed E-state index contributed by atoms with van der Waals surface area (Å²) >= 11 is 0. The van der Waals surface area contributed by atoms with Crippen LogP contribution in [0.25, 0.3) is 0 Å². The Labute approximate surface area is 169 Å². The van der Waals surface area contributed by atoms with Gasteiger partial charge in [-0.1, -0.05) is 5.16 Å². The summed E-state index contributed by atoms with van der Waals surface area (Å²) in [6.07, 6.45) is 0.409. The third-order valence-corrected chi connectivity index (χ3v) is 4.68. The Kier molecular flexibility index (Phi) is 5.41. The second-order valence-electron chi connectivity index (χ2n) is 6.81. The van der Waals surface area contributed by atoms with Gasteiger partial charge in [-0.15, -0.1) is 0 Å². The Morgan fingerprint density at radius 2 is 2.00 bits per heavy atom. The molecule has 1 atom stereocenters. The molecule has 1 unspecified atom stereocenters. The number of benzene rings is 2. The zero-order chi connectivity index (χ0) is 20.2. The molecule has 1 N–H and O–H groups in total. The molecule has 0 aliphatic carbocycles. The molecule has 4 rings (SSSR count). The molecule has 29 heavy (non-hydrogen) atoms. The normalized spacial score (nSPS) is 16.8. The fraction of sp³-hybridized carbons (Fsp3) is 0.333. The largest absolute Gasteiger partial charge is 0.494 e. The molecule has 152 valence electrons. The lowest BCUT2D eigenvalue weighted by atomic mass is 10.0. The van der Waals surface area contributed by atoms with Crippen LogP contribution in [0, 0.1) is 0 Å². The molecular formula is C21H23N3O5. The van der Waals surface area contributed by atoms with Gasteiger partial charge in [-0.05, 0) is 49.4 Å². The molecule has 2 amide bonds. The lowest BCUT2D eigenvalue weighted by Crippen LogP contribution is -2.37. The first-order chi connectivity index (χ1) is 14.1. The van der Waals surface area contributed by atoms with Gasteiger partial charge in [0.05, 0.1) is 18.9 Å². The van der Waals surface area contributed by atoms with Crippen LogP contribution in [-0.4, -0.2) is 49.7 Å². The van der Waals surface area contributed by atoms with Crippen LogP contribution in [-0.2, 0) is 4.84 Å². The number of urea groups is 1. The van der Waals surface area contributed by atoms with Crippen LogP contribution in [0.2, 0.25) is 0 Å². The molecule has 0 bridgehead atoms. The van der Waals surface area contributed by atoms with Gasteiger partial charge in [0.25, 0.3) is 0 Å². The van der Waals surface area contributed by atoms with E-state index in [1.165, 1.54) is 0 Å². The second kappa shape index (κ2) is 8.30. The van der Waals surface area contributed by atoms with Gasteiger partial charge >= 0.3 is 6.03 Å². The maximum Gasteiger partial charge on any atom is 0.321 e. The molecule has 0 saturated heterocycles. The molecule has 2 aromatic rings. The van der Waals surface area contributed by atoms with E-state index in [1.807, 2.05) is 49.4 Å². The molecule has 2 aliphatic heterocycles. The molecule has 0 saturated carbocycles. The highest BCUT2D eigenvalue weighted by molar-refractivity contribution is 6.01. The first kappa shape index (κ1) is 18.9. The number of ether oxygens (including phenoxy) is 3. The number of amides is 2. The summed E-state index contributed by atoms with van der Waals surface area (Å²) in [6.45, 7) is 3.18. The number of likely N-dealkylation sites (N-methyl/N-ethyl adjacent to an activating group) is 1. The van der Waals surface area contributed by atoms with Crippen LogP contribution in [0.1, 0.15) is 18.9 Å². The maximum atomic E-state index is 12.5. The highest BCUT2D eigenvalue weighted by Gasteiger charge is 2.26. The van der Waals surface area contributed by atoms with Crippen LogP contribution in [0.3, 0.4) is 0 Å². The third-order valence-electron chi connectivity index (χ3n) is 4.68. The lowest BCUT2D eigenvalue weighted by molar-refractivity contribution is 0.0672. The minimum absolute atomic E-state index is 0.202. The first-order valence-corrected chi connectivity index (χ1v) is 9.50. The highest BCUT2D eigenvalue weighted by atomic mass is 16.7. The van der Waals surface area contributed by atoms with Crippen molar-refractivity contribution in [3.8, 4) is 17.2 Å². The zero-order valence-corrected chi connectivity index (χ0v) is 16.4. The van der Waals surface area contributed by atoms with Crippen LogP contribution >= 0.6 is 0 Å². The number of nitrogens with zero attached hydrogens (tertiary/aromatic N) is 2. The SMILES string of the molecule is CCOc1ccc(NC(=O)N(C)CC2CC(c3ccc4c(c3)OCO4)=NO2)cc1. The number of anilines is 1.